The number of aryl methyl sites for hydroxylation is 2. The van der Waals surface area contributed by atoms with Gasteiger partial charge >= 0.3 is 0 Å². The average Bonchev–Trinajstić information content (AvgIpc) is 2.92. The summed E-state index contributed by atoms with van der Waals surface area (Å²) in [6.07, 6.45) is 11.6. The van der Waals surface area contributed by atoms with Crippen LogP contribution < -0.4 is 0 Å². The Kier molecular flexibility index (Phi) is 5.70. The van der Waals surface area contributed by atoms with Gasteiger partial charge in [-0.25, -0.2) is 0 Å². The van der Waals surface area contributed by atoms with Crippen molar-refractivity contribution in [1.29, 1.82) is 0 Å². The van der Waals surface area contributed by atoms with Crippen LogP contribution in [0.15, 0.2) is 6.20 Å². The fourth-order valence-corrected chi connectivity index (χ4v) is 2.92. The largest absolute Gasteiger partial charge is 0.259 e. The lowest BCUT2D eigenvalue weighted by atomic mass is 10.1. The Hall–Kier alpha value is -1.03. The minimum absolute atomic E-state index is 1.04. The molecule has 3 nitrogen and oxygen atoms in total. The highest BCUT2D eigenvalue weighted by atomic mass is 32.1. The SMILES string of the molecule is CCCCCCc1ncc(CCCC)c2nsnc12. The zero-order chi connectivity index (χ0) is 13.5. The lowest BCUT2D eigenvalue weighted by molar-refractivity contribution is 0.662. The second-order valence-electron chi connectivity index (χ2n) is 5.11. The Morgan fingerprint density at radius 1 is 0.895 bits per heavy atom. The summed E-state index contributed by atoms with van der Waals surface area (Å²) < 4.78 is 8.92. The third-order valence-corrected chi connectivity index (χ3v) is 4.04. The molecule has 0 radical (unpaired) electrons. The van der Waals surface area contributed by atoms with E-state index >= 15 is 0 Å². The highest BCUT2D eigenvalue weighted by Crippen LogP contribution is 2.22. The van der Waals surface area contributed by atoms with Crippen LogP contribution in [0.3, 0.4) is 0 Å². The molecule has 0 aliphatic rings. The van der Waals surface area contributed by atoms with Crippen molar-refractivity contribution in [2.24, 2.45) is 0 Å². The Labute approximate surface area is 119 Å². The topological polar surface area (TPSA) is 38.7 Å². The minimum Gasteiger partial charge on any atom is -0.259 e. The van der Waals surface area contributed by atoms with Crippen molar-refractivity contribution in [1.82, 2.24) is 13.7 Å². The van der Waals surface area contributed by atoms with Crippen molar-refractivity contribution >= 4 is 22.8 Å². The molecule has 0 amide bonds. The molecule has 0 aromatic carbocycles. The second-order valence-corrected chi connectivity index (χ2v) is 5.63. The Balaban J connectivity index is 2.10. The maximum Gasteiger partial charge on any atom is 0.126 e. The van der Waals surface area contributed by atoms with E-state index in [4.69, 9.17) is 0 Å². The van der Waals surface area contributed by atoms with E-state index in [1.807, 2.05) is 6.20 Å². The van der Waals surface area contributed by atoms with Gasteiger partial charge in [0.2, 0.25) is 0 Å². The quantitative estimate of drug-likeness (QED) is 0.664. The number of aromatic nitrogens is 3. The van der Waals surface area contributed by atoms with Gasteiger partial charge in [-0.1, -0.05) is 39.5 Å². The molecule has 0 bridgehead atoms. The number of pyridine rings is 1. The van der Waals surface area contributed by atoms with Gasteiger partial charge in [-0.05, 0) is 31.2 Å². The molecular formula is C15H23N3S. The molecule has 0 N–H and O–H groups in total. The molecule has 0 aliphatic carbocycles. The molecule has 0 fully saturated rings. The van der Waals surface area contributed by atoms with E-state index in [0.29, 0.717) is 0 Å². The van der Waals surface area contributed by atoms with E-state index in [1.54, 1.807) is 0 Å². The van der Waals surface area contributed by atoms with Crippen LogP contribution in [0.2, 0.25) is 0 Å². The summed E-state index contributed by atoms with van der Waals surface area (Å²) in [5.41, 5.74) is 4.55. The van der Waals surface area contributed by atoms with Crippen LogP contribution in [-0.2, 0) is 12.8 Å². The first-order valence-electron chi connectivity index (χ1n) is 7.45. The molecule has 2 aromatic heterocycles. The van der Waals surface area contributed by atoms with E-state index in [9.17, 15) is 0 Å². The van der Waals surface area contributed by atoms with Gasteiger partial charge in [0.05, 0.1) is 17.4 Å². The van der Waals surface area contributed by atoms with Gasteiger partial charge in [-0.3, -0.25) is 4.98 Å². The summed E-state index contributed by atoms with van der Waals surface area (Å²) in [5.74, 6) is 0. The molecule has 4 heteroatoms. The average molecular weight is 277 g/mol. The van der Waals surface area contributed by atoms with Gasteiger partial charge in [0.1, 0.15) is 11.0 Å². The minimum atomic E-state index is 1.04. The first-order chi connectivity index (χ1) is 9.36. The van der Waals surface area contributed by atoms with Crippen LogP contribution in [0.5, 0.6) is 0 Å². The predicted octanol–water partition coefficient (Wildman–Crippen LogP) is 4.55. The van der Waals surface area contributed by atoms with Crippen LogP contribution in [0.25, 0.3) is 11.0 Å². The van der Waals surface area contributed by atoms with Gasteiger partial charge in [0.15, 0.2) is 0 Å². The molecule has 104 valence electrons. The number of nitrogens with zero attached hydrogens (tertiary/aromatic N) is 3. The summed E-state index contributed by atoms with van der Waals surface area (Å²) in [5, 5.41) is 0. The lowest BCUT2D eigenvalue weighted by Crippen LogP contribution is -1.96. The Morgan fingerprint density at radius 2 is 1.68 bits per heavy atom. The van der Waals surface area contributed by atoms with E-state index in [-0.39, 0.29) is 0 Å². The van der Waals surface area contributed by atoms with Crippen molar-refractivity contribution in [2.45, 2.75) is 65.2 Å². The van der Waals surface area contributed by atoms with Crippen molar-refractivity contribution in [3.05, 3.63) is 17.5 Å². The Bertz CT molecular complexity index is 507. The number of unbranched alkanes of at least 4 members (excludes halogenated alkanes) is 4. The first-order valence-corrected chi connectivity index (χ1v) is 8.18. The Morgan fingerprint density at radius 3 is 2.47 bits per heavy atom. The summed E-state index contributed by atoms with van der Waals surface area (Å²) in [4.78, 5) is 4.63. The van der Waals surface area contributed by atoms with E-state index in [1.165, 1.54) is 55.8 Å². The summed E-state index contributed by atoms with van der Waals surface area (Å²) >= 11 is 1.32. The van der Waals surface area contributed by atoms with Crippen molar-refractivity contribution < 1.29 is 0 Å². The van der Waals surface area contributed by atoms with Crippen LogP contribution in [0, 0.1) is 0 Å². The van der Waals surface area contributed by atoms with Crippen LogP contribution >= 0.6 is 11.7 Å². The molecule has 0 saturated heterocycles. The molecule has 19 heavy (non-hydrogen) atoms. The number of fused-ring (bicyclic) bond motifs is 1. The number of rotatable bonds is 8. The highest BCUT2D eigenvalue weighted by Gasteiger charge is 2.11. The van der Waals surface area contributed by atoms with Crippen LogP contribution in [0.1, 0.15) is 63.6 Å². The van der Waals surface area contributed by atoms with Gasteiger partial charge in [0, 0.05) is 6.20 Å². The number of hydrogen-bond acceptors (Lipinski definition) is 4. The zero-order valence-corrected chi connectivity index (χ0v) is 12.8. The highest BCUT2D eigenvalue weighted by molar-refractivity contribution is 7.00. The standard InChI is InChI=1S/C15H23N3S/c1-3-5-7-8-10-13-15-14(17-19-18-15)12(11-16-13)9-6-4-2/h11H,3-10H2,1-2H3. The fourth-order valence-electron chi connectivity index (χ4n) is 2.32. The summed E-state index contributed by atoms with van der Waals surface area (Å²) in [6, 6.07) is 0. The van der Waals surface area contributed by atoms with Crippen molar-refractivity contribution in [3.63, 3.8) is 0 Å². The first kappa shape index (κ1) is 14.4. The van der Waals surface area contributed by atoms with Gasteiger partial charge in [-0.2, -0.15) is 8.75 Å². The van der Waals surface area contributed by atoms with Crippen molar-refractivity contribution in [3.8, 4) is 0 Å². The van der Waals surface area contributed by atoms with E-state index in [0.717, 1.165) is 29.6 Å². The van der Waals surface area contributed by atoms with Gasteiger partial charge in [0.25, 0.3) is 0 Å². The van der Waals surface area contributed by atoms with Crippen LogP contribution in [0.4, 0.5) is 0 Å². The maximum absolute atomic E-state index is 4.63. The second kappa shape index (κ2) is 7.53. The molecule has 2 aromatic rings. The molecule has 0 unspecified atom stereocenters. The number of hydrogen-bond donors (Lipinski definition) is 0. The van der Waals surface area contributed by atoms with E-state index < -0.39 is 0 Å². The summed E-state index contributed by atoms with van der Waals surface area (Å²) in [7, 11) is 0. The smallest absolute Gasteiger partial charge is 0.126 e. The van der Waals surface area contributed by atoms with E-state index in [2.05, 4.69) is 27.6 Å². The lowest BCUT2D eigenvalue weighted by Gasteiger charge is -2.05. The molecule has 2 heterocycles. The maximum atomic E-state index is 4.63. The van der Waals surface area contributed by atoms with Gasteiger partial charge in [-0.15, -0.1) is 0 Å². The molecule has 0 spiro atoms. The zero-order valence-electron chi connectivity index (χ0n) is 12.0. The molecule has 2 rings (SSSR count). The normalized spacial score (nSPS) is 11.3. The monoisotopic (exact) mass is 277 g/mol. The predicted molar refractivity (Wildman–Crippen MR) is 81.7 cm³/mol. The molecule has 0 aliphatic heterocycles. The molecular weight excluding hydrogens is 254 g/mol. The fraction of sp³-hybridized carbons (Fsp3) is 0.667. The van der Waals surface area contributed by atoms with Gasteiger partial charge < -0.3 is 0 Å². The third kappa shape index (κ3) is 3.72. The van der Waals surface area contributed by atoms with Crippen molar-refractivity contribution in [2.75, 3.05) is 0 Å². The molecule has 0 atom stereocenters. The summed E-state index contributed by atoms with van der Waals surface area (Å²) in [6.45, 7) is 4.45. The third-order valence-electron chi connectivity index (χ3n) is 3.51. The molecule has 0 saturated carbocycles. The van der Waals surface area contributed by atoms with Crippen LogP contribution in [-0.4, -0.2) is 13.7 Å².